The van der Waals surface area contributed by atoms with Crippen molar-refractivity contribution in [1.29, 1.82) is 0 Å². The summed E-state index contributed by atoms with van der Waals surface area (Å²) in [6.45, 7) is 2.64. The highest BCUT2D eigenvalue weighted by Crippen LogP contribution is 2.33. The van der Waals surface area contributed by atoms with Crippen LogP contribution in [0.25, 0.3) is 16.9 Å². The van der Waals surface area contributed by atoms with E-state index in [4.69, 9.17) is 0 Å². The standard InChI is InChI=1S/C20H13F7N4O2/c1-10(21)17(32)29-8-14(9-29)31-16-15(6-12(7-28-16)20(25,26)27)30(18(31)33)13-4-2-11(3-5-13)19(22,23)24/h2-7,14H,1,8-9H2. The van der Waals surface area contributed by atoms with Crippen LogP contribution in [0.3, 0.4) is 0 Å². The Balaban J connectivity index is 1.85. The van der Waals surface area contributed by atoms with Crippen molar-refractivity contribution in [1.82, 2.24) is 19.0 Å². The molecule has 3 aromatic rings. The number of nitrogens with zero attached hydrogens (tertiary/aromatic N) is 4. The minimum absolute atomic E-state index is 0.109. The van der Waals surface area contributed by atoms with Gasteiger partial charge in [-0.05, 0) is 30.3 Å². The molecule has 0 atom stereocenters. The number of hydrogen-bond acceptors (Lipinski definition) is 3. The summed E-state index contributed by atoms with van der Waals surface area (Å²) < 4.78 is 93.3. The first kappa shape index (κ1) is 22.6. The molecular weight excluding hydrogens is 461 g/mol. The van der Waals surface area contributed by atoms with Crippen LogP contribution in [0, 0.1) is 0 Å². The maximum absolute atomic E-state index is 13.2. The largest absolute Gasteiger partial charge is 0.417 e. The first-order valence-corrected chi connectivity index (χ1v) is 9.30. The van der Waals surface area contributed by atoms with Crippen LogP contribution in [0.15, 0.2) is 53.7 Å². The molecule has 2 aromatic heterocycles. The van der Waals surface area contributed by atoms with Gasteiger partial charge >= 0.3 is 18.0 Å². The lowest BCUT2D eigenvalue weighted by atomic mass is 10.1. The van der Waals surface area contributed by atoms with Crippen molar-refractivity contribution in [2.45, 2.75) is 18.4 Å². The molecule has 0 radical (unpaired) electrons. The van der Waals surface area contributed by atoms with Crippen LogP contribution in [0.2, 0.25) is 0 Å². The van der Waals surface area contributed by atoms with Crippen LogP contribution in [0.4, 0.5) is 30.7 Å². The fourth-order valence-electron chi connectivity index (χ4n) is 3.59. The highest BCUT2D eigenvalue weighted by atomic mass is 19.4. The fraction of sp³-hybridized carbons (Fsp3) is 0.250. The Morgan fingerprint density at radius 1 is 1.00 bits per heavy atom. The minimum atomic E-state index is -4.79. The number of halogens is 7. The van der Waals surface area contributed by atoms with Crippen LogP contribution < -0.4 is 5.69 Å². The van der Waals surface area contributed by atoms with E-state index >= 15 is 0 Å². The number of aromatic nitrogens is 3. The summed E-state index contributed by atoms with van der Waals surface area (Å²) in [5.41, 5.74) is -3.59. The highest BCUT2D eigenvalue weighted by Gasteiger charge is 2.38. The van der Waals surface area contributed by atoms with Gasteiger partial charge in [-0.2, -0.15) is 26.3 Å². The molecule has 0 bridgehead atoms. The lowest BCUT2D eigenvalue weighted by Gasteiger charge is -2.39. The Kier molecular flexibility index (Phi) is 5.10. The molecule has 0 saturated carbocycles. The van der Waals surface area contributed by atoms with E-state index in [1.807, 2.05) is 0 Å². The number of amides is 1. The van der Waals surface area contributed by atoms with Gasteiger partial charge in [0.2, 0.25) is 0 Å². The minimum Gasteiger partial charge on any atom is -0.332 e. The van der Waals surface area contributed by atoms with Gasteiger partial charge in [0.15, 0.2) is 11.5 Å². The number of likely N-dealkylation sites (tertiary alicyclic amines) is 1. The average Bonchev–Trinajstić information content (AvgIpc) is 2.97. The molecule has 1 aromatic carbocycles. The van der Waals surface area contributed by atoms with Gasteiger partial charge in [-0.25, -0.2) is 14.2 Å². The molecule has 0 unspecified atom stereocenters. The summed E-state index contributed by atoms with van der Waals surface area (Å²) in [7, 11) is 0. The van der Waals surface area contributed by atoms with E-state index in [1.54, 1.807) is 0 Å². The zero-order chi connectivity index (χ0) is 24.3. The molecule has 1 fully saturated rings. The molecule has 1 saturated heterocycles. The van der Waals surface area contributed by atoms with E-state index in [1.165, 1.54) is 0 Å². The number of fused-ring (bicyclic) bond motifs is 1. The first-order valence-electron chi connectivity index (χ1n) is 9.30. The summed E-state index contributed by atoms with van der Waals surface area (Å²) in [6.07, 6.45) is -8.91. The number of carbonyl (C=O) groups excluding carboxylic acids is 1. The van der Waals surface area contributed by atoms with Crippen LogP contribution in [-0.2, 0) is 17.1 Å². The van der Waals surface area contributed by atoms with Gasteiger partial charge < -0.3 is 4.90 Å². The van der Waals surface area contributed by atoms with E-state index in [0.29, 0.717) is 24.4 Å². The summed E-state index contributed by atoms with van der Waals surface area (Å²) in [6, 6.07) is 3.24. The topological polar surface area (TPSA) is 60.1 Å². The van der Waals surface area contributed by atoms with E-state index in [-0.39, 0.29) is 29.9 Å². The van der Waals surface area contributed by atoms with Crippen LogP contribution in [-0.4, -0.2) is 38.0 Å². The van der Waals surface area contributed by atoms with Crippen LogP contribution in [0.5, 0.6) is 0 Å². The van der Waals surface area contributed by atoms with Gasteiger partial charge in [-0.1, -0.05) is 6.58 Å². The molecule has 0 N–H and O–H groups in total. The summed E-state index contributed by atoms with van der Waals surface area (Å²) >= 11 is 0. The second-order valence-corrected chi connectivity index (χ2v) is 7.37. The van der Waals surface area contributed by atoms with Crippen molar-refractivity contribution in [3.8, 4) is 5.69 Å². The monoisotopic (exact) mass is 474 g/mol. The number of pyridine rings is 1. The molecule has 6 nitrogen and oxygen atoms in total. The Morgan fingerprint density at radius 3 is 2.09 bits per heavy atom. The van der Waals surface area contributed by atoms with Crippen molar-refractivity contribution in [2.75, 3.05) is 13.1 Å². The molecule has 1 aliphatic heterocycles. The third-order valence-corrected chi connectivity index (χ3v) is 5.24. The molecular formula is C20H13F7N4O2. The normalized spacial score (nSPS) is 15.1. The number of rotatable bonds is 3. The smallest absolute Gasteiger partial charge is 0.332 e. The predicted octanol–water partition coefficient (Wildman–Crippen LogP) is 4.09. The molecule has 174 valence electrons. The maximum atomic E-state index is 13.2. The lowest BCUT2D eigenvalue weighted by Crippen LogP contribution is -2.52. The quantitative estimate of drug-likeness (QED) is 0.425. The Bertz CT molecular complexity index is 1310. The van der Waals surface area contributed by atoms with E-state index in [2.05, 4.69) is 11.6 Å². The van der Waals surface area contributed by atoms with Crippen molar-refractivity contribution in [3.63, 3.8) is 0 Å². The Morgan fingerprint density at radius 2 is 1.58 bits per heavy atom. The fourth-order valence-corrected chi connectivity index (χ4v) is 3.59. The molecule has 0 spiro atoms. The maximum Gasteiger partial charge on any atom is 0.417 e. The summed E-state index contributed by atoms with van der Waals surface area (Å²) in [5, 5.41) is 0. The van der Waals surface area contributed by atoms with Gasteiger partial charge in [0.1, 0.15) is 0 Å². The van der Waals surface area contributed by atoms with Crippen molar-refractivity contribution < 1.29 is 35.5 Å². The van der Waals surface area contributed by atoms with Gasteiger partial charge in [0.05, 0.1) is 28.4 Å². The molecule has 3 heterocycles. The Labute approximate surface area is 180 Å². The predicted molar refractivity (Wildman–Crippen MR) is 101 cm³/mol. The van der Waals surface area contributed by atoms with Crippen molar-refractivity contribution >= 4 is 17.1 Å². The zero-order valence-electron chi connectivity index (χ0n) is 16.4. The number of benzene rings is 1. The van der Waals surface area contributed by atoms with Gasteiger partial charge in [0, 0.05) is 19.3 Å². The van der Waals surface area contributed by atoms with E-state index < -0.39 is 46.9 Å². The highest BCUT2D eigenvalue weighted by molar-refractivity contribution is 5.91. The number of hydrogen-bond donors (Lipinski definition) is 0. The van der Waals surface area contributed by atoms with Crippen molar-refractivity contribution in [3.05, 3.63) is 70.5 Å². The summed E-state index contributed by atoms with van der Waals surface area (Å²) in [5.74, 6) is -2.20. The molecule has 0 aliphatic carbocycles. The molecule has 4 rings (SSSR count). The second-order valence-electron chi connectivity index (χ2n) is 7.37. The van der Waals surface area contributed by atoms with Crippen molar-refractivity contribution in [2.24, 2.45) is 0 Å². The summed E-state index contributed by atoms with van der Waals surface area (Å²) in [4.78, 5) is 29.6. The van der Waals surface area contributed by atoms with Crippen LogP contribution in [0.1, 0.15) is 17.2 Å². The van der Waals surface area contributed by atoms with Crippen LogP contribution >= 0.6 is 0 Å². The molecule has 1 aliphatic rings. The zero-order valence-corrected chi connectivity index (χ0v) is 16.4. The van der Waals surface area contributed by atoms with E-state index in [0.717, 1.165) is 26.2 Å². The number of carbonyl (C=O) groups is 1. The molecule has 13 heteroatoms. The lowest BCUT2D eigenvalue weighted by molar-refractivity contribution is -0.138. The number of imidazole rings is 1. The van der Waals surface area contributed by atoms with E-state index in [9.17, 15) is 40.3 Å². The van der Waals surface area contributed by atoms with Gasteiger partial charge in [-0.3, -0.25) is 13.9 Å². The third-order valence-electron chi connectivity index (χ3n) is 5.24. The second kappa shape index (κ2) is 7.46. The third kappa shape index (κ3) is 3.87. The number of alkyl halides is 6. The molecule has 33 heavy (non-hydrogen) atoms. The van der Waals surface area contributed by atoms with Gasteiger partial charge in [-0.15, -0.1) is 0 Å². The average molecular weight is 474 g/mol. The van der Waals surface area contributed by atoms with Gasteiger partial charge in [0.25, 0.3) is 5.91 Å². The first-order chi connectivity index (χ1) is 15.3. The SMILES string of the molecule is C=C(F)C(=O)N1CC(n2c(=O)n(-c3ccc(C(F)(F)F)cc3)c3cc(C(F)(F)F)cnc32)C1. The Hall–Kier alpha value is -3.64. The molecule has 1 amide bonds.